The number of nitrogens with one attached hydrogen (secondary N) is 2. The number of urea groups is 1. The van der Waals surface area contributed by atoms with Crippen molar-refractivity contribution in [3.63, 3.8) is 0 Å². The monoisotopic (exact) mass is 178 g/mol. The Bertz CT molecular complexity index is 349. The maximum Gasteiger partial charge on any atom is 0.319 e. The van der Waals surface area contributed by atoms with Crippen LogP contribution in [0.2, 0.25) is 0 Å². The van der Waals surface area contributed by atoms with Gasteiger partial charge in [-0.2, -0.15) is 0 Å². The van der Waals surface area contributed by atoms with Crippen LogP contribution in [0, 0.1) is 0 Å². The van der Waals surface area contributed by atoms with Crippen molar-refractivity contribution in [2.45, 2.75) is 6.54 Å². The van der Waals surface area contributed by atoms with E-state index >= 15 is 0 Å². The lowest BCUT2D eigenvalue weighted by Crippen LogP contribution is -2.33. The quantitative estimate of drug-likeness (QED) is 0.681. The molecule has 13 heavy (non-hydrogen) atoms. The summed E-state index contributed by atoms with van der Waals surface area (Å²) in [5, 5.41) is 5.39. The molecule has 1 aliphatic rings. The van der Waals surface area contributed by atoms with E-state index in [0.29, 0.717) is 6.54 Å². The van der Waals surface area contributed by atoms with Crippen LogP contribution in [0.4, 0.5) is 10.5 Å². The van der Waals surface area contributed by atoms with Crippen molar-refractivity contribution in [2.75, 3.05) is 12.4 Å². The number of rotatable bonds is 1. The fourth-order valence-electron chi connectivity index (χ4n) is 1.30. The van der Waals surface area contributed by atoms with Crippen LogP contribution >= 0.6 is 0 Å². The van der Waals surface area contributed by atoms with E-state index in [-0.39, 0.29) is 6.03 Å². The SMILES string of the molecule is COc1ccc2c(c1)NC(=O)NC2. The van der Waals surface area contributed by atoms with Gasteiger partial charge in [0.25, 0.3) is 0 Å². The molecule has 0 saturated carbocycles. The van der Waals surface area contributed by atoms with Crippen LogP contribution in [0.25, 0.3) is 0 Å². The molecule has 2 amide bonds. The normalized spacial score (nSPS) is 14.1. The van der Waals surface area contributed by atoms with E-state index in [4.69, 9.17) is 4.74 Å². The summed E-state index contributed by atoms with van der Waals surface area (Å²) in [4.78, 5) is 11.0. The van der Waals surface area contributed by atoms with Gasteiger partial charge in [-0.25, -0.2) is 4.79 Å². The first-order valence-electron chi connectivity index (χ1n) is 4.01. The first kappa shape index (κ1) is 7.91. The molecule has 0 saturated heterocycles. The summed E-state index contributed by atoms with van der Waals surface area (Å²) < 4.78 is 5.04. The van der Waals surface area contributed by atoms with Gasteiger partial charge in [0.05, 0.1) is 12.8 Å². The number of ether oxygens (including phenoxy) is 1. The number of fused-ring (bicyclic) bond motifs is 1. The van der Waals surface area contributed by atoms with Gasteiger partial charge in [0.15, 0.2) is 0 Å². The molecule has 4 heteroatoms. The number of anilines is 1. The number of amides is 2. The summed E-state index contributed by atoms with van der Waals surface area (Å²) >= 11 is 0. The Kier molecular flexibility index (Phi) is 1.81. The maximum absolute atomic E-state index is 11.0. The Morgan fingerprint density at radius 1 is 1.46 bits per heavy atom. The third kappa shape index (κ3) is 1.42. The molecule has 2 N–H and O–H groups in total. The molecule has 68 valence electrons. The second-order valence-corrected chi connectivity index (χ2v) is 2.83. The molecule has 0 aliphatic carbocycles. The number of hydrogen-bond acceptors (Lipinski definition) is 2. The molecule has 4 nitrogen and oxygen atoms in total. The van der Waals surface area contributed by atoms with Gasteiger partial charge in [-0.05, 0) is 11.6 Å². The first-order chi connectivity index (χ1) is 6.29. The van der Waals surface area contributed by atoms with E-state index in [1.165, 1.54) is 0 Å². The molecule has 1 aliphatic heterocycles. The molecular formula is C9H10N2O2. The Morgan fingerprint density at radius 2 is 2.31 bits per heavy atom. The molecular weight excluding hydrogens is 168 g/mol. The molecule has 0 radical (unpaired) electrons. The van der Waals surface area contributed by atoms with E-state index in [1.807, 2.05) is 18.2 Å². The minimum Gasteiger partial charge on any atom is -0.497 e. The number of carbonyl (C=O) groups excluding carboxylic acids is 1. The molecule has 0 fully saturated rings. The van der Waals surface area contributed by atoms with Gasteiger partial charge < -0.3 is 15.4 Å². The second kappa shape index (κ2) is 2.97. The van der Waals surface area contributed by atoms with Gasteiger partial charge >= 0.3 is 6.03 Å². The van der Waals surface area contributed by atoms with E-state index in [0.717, 1.165) is 17.0 Å². The molecule has 0 atom stereocenters. The minimum absolute atomic E-state index is 0.166. The maximum atomic E-state index is 11.0. The number of carbonyl (C=O) groups is 1. The number of benzene rings is 1. The third-order valence-corrected chi connectivity index (χ3v) is 2.00. The highest BCUT2D eigenvalue weighted by molar-refractivity contribution is 5.92. The van der Waals surface area contributed by atoms with Crippen LogP contribution in [0.5, 0.6) is 5.75 Å². The van der Waals surface area contributed by atoms with Crippen molar-refractivity contribution in [2.24, 2.45) is 0 Å². The highest BCUT2D eigenvalue weighted by Crippen LogP contribution is 2.24. The smallest absolute Gasteiger partial charge is 0.319 e. The largest absolute Gasteiger partial charge is 0.497 e. The van der Waals surface area contributed by atoms with Gasteiger partial charge in [0.1, 0.15) is 5.75 Å². The second-order valence-electron chi connectivity index (χ2n) is 2.83. The van der Waals surface area contributed by atoms with Crippen molar-refractivity contribution in [1.82, 2.24) is 5.32 Å². The lowest BCUT2D eigenvalue weighted by atomic mass is 10.1. The summed E-state index contributed by atoms with van der Waals surface area (Å²) in [7, 11) is 1.60. The van der Waals surface area contributed by atoms with Crippen molar-refractivity contribution in [3.8, 4) is 5.75 Å². The minimum atomic E-state index is -0.166. The van der Waals surface area contributed by atoms with Gasteiger partial charge in [-0.1, -0.05) is 6.07 Å². The molecule has 1 aromatic rings. The third-order valence-electron chi connectivity index (χ3n) is 2.00. The first-order valence-corrected chi connectivity index (χ1v) is 4.01. The highest BCUT2D eigenvalue weighted by atomic mass is 16.5. The molecule has 0 bridgehead atoms. The molecule has 0 spiro atoms. The van der Waals surface area contributed by atoms with Crippen molar-refractivity contribution >= 4 is 11.7 Å². The lowest BCUT2D eigenvalue weighted by molar-refractivity contribution is 0.251. The van der Waals surface area contributed by atoms with E-state index in [9.17, 15) is 4.79 Å². The van der Waals surface area contributed by atoms with Crippen molar-refractivity contribution < 1.29 is 9.53 Å². The molecule has 1 heterocycles. The Hall–Kier alpha value is -1.71. The van der Waals surface area contributed by atoms with E-state index in [1.54, 1.807) is 7.11 Å². The fraction of sp³-hybridized carbons (Fsp3) is 0.222. The van der Waals surface area contributed by atoms with Crippen molar-refractivity contribution in [1.29, 1.82) is 0 Å². The standard InChI is InChI=1S/C9H10N2O2/c1-13-7-3-2-6-5-10-9(12)11-8(6)4-7/h2-4H,5H2,1H3,(H2,10,11,12). The van der Waals surface area contributed by atoms with E-state index in [2.05, 4.69) is 10.6 Å². The van der Waals surface area contributed by atoms with Crippen LogP contribution in [-0.2, 0) is 6.54 Å². The number of hydrogen-bond donors (Lipinski definition) is 2. The summed E-state index contributed by atoms with van der Waals surface area (Å²) in [6.07, 6.45) is 0. The Labute approximate surface area is 75.9 Å². The summed E-state index contributed by atoms with van der Waals surface area (Å²) in [6.45, 7) is 0.575. The van der Waals surface area contributed by atoms with Crippen LogP contribution in [0.3, 0.4) is 0 Å². The molecule has 0 unspecified atom stereocenters. The zero-order valence-electron chi connectivity index (χ0n) is 7.26. The Morgan fingerprint density at radius 3 is 3.08 bits per heavy atom. The van der Waals surface area contributed by atoms with E-state index < -0.39 is 0 Å². The zero-order valence-corrected chi connectivity index (χ0v) is 7.26. The average Bonchev–Trinajstić information content (AvgIpc) is 2.16. The Balaban J connectivity index is 2.38. The molecule has 2 rings (SSSR count). The van der Waals surface area contributed by atoms with Gasteiger partial charge in [0.2, 0.25) is 0 Å². The van der Waals surface area contributed by atoms with Crippen molar-refractivity contribution in [3.05, 3.63) is 23.8 Å². The highest BCUT2D eigenvalue weighted by Gasteiger charge is 2.13. The fourth-order valence-corrected chi connectivity index (χ4v) is 1.30. The number of methoxy groups -OCH3 is 1. The van der Waals surface area contributed by atoms with Crippen LogP contribution in [0.15, 0.2) is 18.2 Å². The average molecular weight is 178 g/mol. The van der Waals surface area contributed by atoms with Gasteiger partial charge in [0, 0.05) is 12.6 Å². The van der Waals surface area contributed by atoms with Gasteiger partial charge in [-0.15, -0.1) is 0 Å². The lowest BCUT2D eigenvalue weighted by Gasteiger charge is -2.18. The zero-order chi connectivity index (χ0) is 9.26. The van der Waals surface area contributed by atoms with Crippen LogP contribution in [0.1, 0.15) is 5.56 Å². The van der Waals surface area contributed by atoms with Crippen LogP contribution in [-0.4, -0.2) is 13.1 Å². The molecule has 1 aromatic carbocycles. The topological polar surface area (TPSA) is 50.4 Å². The van der Waals surface area contributed by atoms with Gasteiger partial charge in [-0.3, -0.25) is 0 Å². The van der Waals surface area contributed by atoms with Crippen LogP contribution < -0.4 is 15.4 Å². The summed E-state index contributed by atoms with van der Waals surface area (Å²) in [5.41, 5.74) is 1.89. The molecule has 0 aromatic heterocycles. The predicted octanol–water partition coefficient (Wildman–Crippen LogP) is 1.33. The summed E-state index contributed by atoms with van der Waals surface area (Å²) in [5.74, 6) is 0.751. The predicted molar refractivity (Wildman–Crippen MR) is 48.9 cm³/mol. The summed E-state index contributed by atoms with van der Waals surface area (Å²) in [6, 6.07) is 5.45.